The molecule has 1 aliphatic heterocycles. The number of anilines is 1. The molecular weight excluding hydrogens is 413 g/mol. The number of aryl methyl sites for hydroxylation is 1. The number of nitrogens with zero attached hydrogens (tertiary/aromatic N) is 1. The van der Waals surface area contributed by atoms with Crippen LogP contribution in [0, 0.1) is 6.92 Å². The van der Waals surface area contributed by atoms with Crippen LogP contribution in [0.2, 0.25) is 0 Å². The van der Waals surface area contributed by atoms with Crippen LogP contribution >= 0.6 is 0 Å². The van der Waals surface area contributed by atoms with Gasteiger partial charge in [0.2, 0.25) is 5.91 Å². The fourth-order valence-electron chi connectivity index (χ4n) is 3.58. The molecule has 0 spiro atoms. The first-order chi connectivity index (χ1) is 15.3. The molecule has 0 saturated carbocycles. The summed E-state index contributed by atoms with van der Waals surface area (Å²) < 4.78 is 39.7. The van der Waals surface area contributed by atoms with Crippen molar-refractivity contribution >= 4 is 23.0 Å². The highest BCUT2D eigenvalue weighted by Gasteiger charge is 2.34. The van der Waals surface area contributed by atoms with Crippen molar-refractivity contribution in [2.75, 3.05) is 5.32 Å². The number of rotatable bonds is 3. The predicted octanol–water partition coefficient (Wildman–Crippen LogP) is 7.09. The maximum absolute atomic E-state index is 13.2. The predicted molar refractivity (Wildman–Crippen MR) is 123 cm³/mol. The van der Waals surface area contributed by atoms with E-state index in [1.165, 1.54) is 13.0 Å². The molecule has 0 saturated heterocycles. The van der Waals surface area contributed by atoms with Crippen molar-refractivity contribution in [3.8, 4) is 0 Å². The molecule has 3 nitrogen and oxygen atoms in total. The summed E-state index contributed by atoms with van der Waals surface area (Å²) in [6.45, 7) is 5.39. The van der Waals surface area contributed by atoms with Gasteiger partial charge in [0.05, 0.1) is 29.1 Å². The molecule has 0 fully saturated rings. The Labute approximate surface area is 186 Å². The molecule has 0 aliphatic carbocycles. The van der Waals surface area contributed by atoms with Gasteiger partial charge in [-0.15, -0.1) is 0 Å². The summed E-state index contributed by atoms with van der Waals surface area (Å²) in [5.41, 5.74) is 3.24. The first-order valence-electron chi connectivity index (χ1n) is 10.5. The van der Waals surface area contributed by atoms with Crippen LogP contribution in [0.4, 0.5) is 24.5 Å². The van der Waals surface area contributed by atoms with Crippen molar-refractivity contribution in [3.05, 3.63) is 94.5 Å². The van der Waals surface area contributed by atoms with Crippen LogP contribution in [0.1, 0.15) is 48.1 Å². The number of hydrogen-bond acceptors (Lipinski definition) is 2. The van der Waals surface area contributed by atoms with E-state index in [1.807, 2.05) is 68.4 Å². The Morgan fingerprint density at radius 1 is 0.938 bits per heavy atom. The Morgan fingerprint density at radius 3 is 2.31 bits per heavy atom. The van der Waals surface area contributed by atoms with Crippen molar-refractivity contribution in [3.63, 3.8) is 0 Å². The lowest BCUT2D eigenvalue weighted by Gasteiger charge is -2.13. The smallest absolute Gasteiger partial charge is 0.324 e. The number of nitrogens with one attached hydrogen (secondary N) is 1. The zero-order valence-electron chi connectivity index (χ0n) is 18.3. The molecule has 1 amide bonds. The first kappa shape index (κ1) is 23.3. The summed E-state index contributed by atoms with van der Waals surface area (Å²) in [6.07, 6.45) is -3.77. The maximum atomic E-state index is 13.2. The third-order valence-electron chi connectivity index (χ3n) is 5.02. The van der Waals surface area contributed by atoms with Crippen LogP contribution in [0.3, 0.4) is 0 Å². The molecule has 3 aromatic carbocycles. The second kappa shape index (κ2) is 9.81. The van der Waals surface area contributed by atoms with Gasteiger partial charge >= 0.3 is 6.18 Å². The van der Waals surface area contributed by atoms with Crippen LogP contribution in [0.25, 0.3) is 0 Å². The van der Waals surface area contributed by atoms with Crippen LogP contribution in [-0.4, -0.2) is 11.6 Å². The van der Waals surface area contributed by atoms with Crippen molar-refractivity contribution < 1.29 is 18.0 Å². The third kappa shape index (κ3) is 5.44. The van der Waals surface area contributed by atoms with Crippen LogP contribution in [-0.2, 0) is 17.4 Å². The minimum atomic E-state index is -4.49. The van der Waals surface area contributed by atoms with E-state index in [-0.39, 0.29) is 17.7 Å². The summed E-state index contributed by atoms with van der Waals surface area (Å²) in [6, 6.07) is 20.1. The number of alkyl halides is 3. The third-order valence-corrected chi connectivity index (χ3v) is 5.02. The molecule has 1 aliphatic rings. The number of carbonyl (C=O) groups excluding carboxylic acids is 1. The summed E-state index contributed by atoms with van der Waals surface area (Å²) in [5, 5.41) is 2.56. The van der Waals surface area contributed by atoms with Gasteiger partial charge in [-0.1, -0.05) is 62.4 Å². The van der Waals surface area contributed by atoms with E-state index in [0.29, 0.717) is 11.4 Å². The lowest BCUT2D eigenvalue weighted by molar-refractivity contribution is -0.138. The van der Waals surface area contributed by atoms with E-state index < -0.39 is 17.6 Å². The van der Waals surface area contributed by atoms with Gasteiger partial charge in [0.15, 0.2) is 0 Å². The summed E-state index contributed by atoms with van der Waals surface area (Å²) in [5.74, 6) is -0.391. The molecule has 32 heavy (non-hydrogen) atoms. The monoisotopic (exact) mass is 438 g/mol. The van der Waals surface area contributed by atoms with Crippen molar-refractivity contribution in [2.45, 2.75) is 39.8 Å². The first-order valence-corrected chi connectivity index (χ1v) is 10.5. The second-order valence-corrected chi connectivity index (χ2v) is 7.33. The lowest BCUT2D eigenvalue weighted by atomic mass is 9.99. The average molecular weight is 438 g/mol. The Bertz CT molecular complexity index is 1140. The van der Waals surface area contributed by atoms with E-state index in [2.05, 4.69) is 10.3 Å². The summed E-state index contributed by atoms with van der Waals surface area (Å²) in [7, 11) is 0. The number of fused-ring (bicyclic) bond motifs is 1. The molecular formula is C26H25F3N2O. The lowest BCUT2D eigenvalue weighted by Crippen LogP contribution is -2.15. The topological polar surface area (TPSA) is 41.5 Å². The van der Waals surface area contributed by atoms with Crippen molar-refractivity contribution in [1.29, 1.82) is 0 Å². The molecule has 6 heteroatoms. The normalized spacial score (nSPS) is 13.2. The molecule has 0 unspecified atom stereocenters. The number of carbonyl (C=O) groups is 1. The zero-order chi connectivity index (χ0) is 23.3. The van der Waals surface area contributed by atoms with Gasteiger partial charge in [0.1, 0.15) is 0 Å². The van der Waals surface area contributed by atoms with Crippen LogP contribution < -0.4 is 5.32 Å². The highest BCUT2D eigenvalue weighted by molar-refractivity contribution is 6.17. The molecule has 4 rings (SSSR count). The molecule has 0 aromatic heterocycles. The highest BCUT2D eigenvalue weighted by atomic mass is 19.4. The molecule has 3 aromatic rings. The largest absolute Gasteiger partial charge is 0.416 e. The van der Waals surface area contributed by atoms with E-state index in [1.54, 1.807) is 0 Å². The molecule has 0 radical (unpaired) electrons. The minimum absolute atomic E-state index is 0.0101. The van der Waals surface area contributed by atoms with E-state index in [4.69, 9.17) is 0 Å². The SMILES string of the molecule is CC.Cc1cc2c(cc1C(F)(F)F)NC(=O)CC(c1cccc(Cc3ccccc3)c1)=N2. The molecule has 166 valence electrons. The van der Waals surface area contributed by atoms with Gasteiger partial charge in [0.25, 0.3) is 0 Å². The Morgan fingerprint density at radius 2 is 1.62 bits per heavy atom. The van der Waals surface area contributed by atoms with Crippen LogP contribution in [0.15, 0.2) is 71.7 Å². The zero-order valence-corrected chi connectivity index (χ0v) is 18.3. The highest BCUT2D eigenvalue weighted by Crippen LogP contribution is 2.39. The average Bonchev–Trinajstić information content (AvgIpc) is 2.92. The summed E-state index contributed by atoms with van der Waals surface area (Å²) >= 11 is 0. The quantitative estimate of drug-likeness (QED) is 0.466. The molecule has 1 N–H and O–H groups in total. The number of halogens is 3. The van der Waals surface area contributed by atoms with E-state index >= 15 is 0 Å². The van der Waals surface area contributed by atoms with Gasteiger partial charge in [-0.05, 0) is 53.8 Å². The number of hydrogen-bond donors (Lipinski definition) is 1. The Hall–Kier alpha value is -3.41. The van der Waals surface area contributed by atoms with E-state index in [9.17, 15) is 18.0 Å². The number of amides is 1. The van der Waals surface area contributed by atoms with Gasteiger partial charge in [-0.3, -0.25) is 9.79 Å². The fourth-order valence-corrected chi connectivity index (χ4v) is 3.58. The van der Waals surface area contributed by atoms with E-state index in [0.717, 1.165) is 29.2 Å². The van der Waals surface area contributed by atoms with Gasteiger partial charge in [-0.25, -0.2) is 0 Å². The van der Waals surface area contributed by atoms with Crippen molar-refractivity contribution in [1.82, 2.24) is 0 Å². The number of aliphatic imine (C=N–C) groups is 1. The van der Waals surface area contributed by atoms with Crippen molar-refractivity contribution in [2.24, 2.45) is 4.99 Å². The maximum Gasteiger partial charge on any atom is 0.416 e. The van der Waals surface area contributed by atoms with Gasteiger partial charge in [-0.2, -0.15) is 13.2 Å². The number of benzene rings is 3. The molecule has 0 atom stereocenters. The molecule has 0 bridgehead atoms. The Kier molecular flexibility index (Phi) is 7.13. The van der Waals surface area contributed by atoms with Crippen LogP contribution in [0.5, 0.6) is 0 Å². The minimum Gasteiger partial charge on any atom is -0.324 e. The Balaban J connectivity index is 0.00000141. The fraction of sp³-hybridized carbons (Fsp3) is 0.231. The van der Waals surface area contributed by atoms with Gasteiger partial charge < -0.3 is 5.32 Å². The molecule has 1 heterocycles. The summed E-state index contributed by atoms with van der Waals surface area (Å²) in [4.78, 5) is 16.9. The van der Waals surface area contributed by atoms with Gasteiger partial charge in [0, 0.05) is 0 Å². The second-order valence-electron chi connectivity index (χ2n) is 7.33. The standard InChI is InChI=1S/C24H19F3N2O.C2H6/c1-15-10-21-22(13-19(15)24(25,26)27)29-23(30)14-20(28-21)18-9-5-8-17(12-18)11-16-6-3-2-4-7-16;1-2/h2-10,12-13H,11,14H2,1H3,(H,29,30);1-2H3.